The molecule has 1 unspecified atom stereocenters. The zero-order valence-electron chi connectivity index (χ0n) is 17.1. The van der Waals surface area contributed by atoms with Crippen LogP contribution in [0.5, 0.6) is 11.5 Å². The number of methoxy groups -OCH3 is 2. The number of amides is 1. The highest BCUT2D eigenvalue weighted by atomic mass is 16.5. The highest BCUT2D eigenvalue weighted by molar-refractivity contribution is 5.78. The minimum atomic E-state index is 0.212. The molecule has 1 saturated carbocycles. The number of ether oxygens (including phenoxy) is 2. The molecule has 1 aliphatic heterocycles. The molecule has 3 rings (SSSR count). The largest absolute Gasteiger partial charge is 0.497 e. The third kappa shape index (κ3) is 4.57. The van der Waals surface area contributed by atoms with Crippen molar-refractivity contribution in [1.82, 2.24) is 9.80 Å². The van der Waals surface area contributed by atoms with Gasteiger partial charge in [0.05, 0.1) is 20.8 Å². The predicted molar refractivity (Wildman–Crippen MR) is 107 cm³/mol. The van der Waals surface area contributed by atoms with Crippen molar-refractivity contribution in [3.8, 4) is 11.5 Å². The highest BCUT2D eigenvalue weighted by Crippen LogP contribution is 2.39. The summed E-state index contributed by atoms with van der Waals surface area (Å²) in [5, 5.41) is 0. The van der Waals surface area contributed by atoms with Crippen molar-refractivity contribution >= 4 is 5.91 Å². The fraction of sp³-hybridized carbons (Fsp3) is 0.682. The second kappa shape index (κ2) is 9.45. The number of likely N-dealkylation sites (tertiary alicyclic amines) is 1. The molecule has 0 radical (unpaired) electrons. The van der Waals surface area contributed by atoms with Gasteiger partial charge in [-0.25, -0.2) is 0 Å². The molecule has 0 aromatic heterocycles. The van der Waals surface area contributed by atoms with Crippen LogP contribution in [0.15, 0.2) is 18.2 Å². The maximum Gasteiger partial charge on any atom is 0.237 e. The second-order valence-electron chi connectivity index (χ2n) is 7.71. The van der Waals surface area contributed by atoms with E-state index in [-0.39, 0.29) is 11.9 Å². The molecule has 2 fully saturated rings. The Kier molecular flexibility index (Phi) is 7.00. The SMILES string of the molecule is CCN(C(=O)CN1CCCC1c1cc(OC)ccc1OC)C1CCCCC1. The number of hydrogen-bond acceptors (Lipinski definition) is 4. The van der Waals surface area contributed by atoms with Crippen LogP contribution in [0.1, 0.15) is 63.5 Å². The number of hydrogen-bond donors (Lipinski definition) is 0. The standard InChI is InChI=1S/C22H34N2O3/c1-4-24(17-9-6-5-7-10-17)22(25)16-23-14-8-11-20(23)19-15-18(26-2)12-13-21(19)27-3/h12-13,15,17,20H,4-11,14,16H2,1-3H3. The van der Waals surface area contributed by atoms with Gasteiger partial charge in [-0.1, -0.05) is 19.3 Å². The maximum absolute atomic E-state index is 13.1. The van der Waals surface area contributed by atoms with Crippen LogP contribution in [0.4, 0.5) is 0 Å². The first-order chi connectivity index (χ1) is 13.2. The summed E-state index contributed by atoms with van der Waals surface area (Å²) in [5.74, 6) is 1.99. The fourth-order valence-corrected chi connectivity index (χ4v) is 4.76. The molecule has 2 aliphatic rings. The van der Waals surface area contributed by atoms with E-state index in [0.717, 1.165) is 55.8 Å². The Morgan fingerprint density at radius 3 is 2.56 bits per heavy atom. The van der Waals surface area contributed by atoms with E-state index in [1.165, 1.54) is 19.3 Å². The van der Waals surface area contributed by atoms with Gasteiger partial charge in [-0.2, -0.15) is 0 Å². The Morgan fingerprint density at radius 1 is 1.11 bits per heavy atom. The Bertz CT molecular complexity index is 628. The molecule has 0 bridgehead atoms. The van der Waals surface area contributed by atoms with Crippen LogP contribution in [0.2, 0.25) is 0 Å². The molecule has 0 N–H and O–H groups in total. The number of likely N-dealkylation sites (N-methyl/N-ethyl adjacent to an activating group) is 1. The van der Waals surface area contributed by atoms with Crippen LogP contribution in [-0.2, 0) is 4.79 Å². The fourth-order valence-electron chi connectivity index (χ4n) is 4.76. The van der Waals surface area contributed by atoms with E-state index < -0.39 is 0 Å². The molecule has 1 atom stereocenters. The molecular formula is C22H34N2O3. The Labute approximate surface area is 163 Å². The van der Waals surface area contributed by atoms with Crippen LogP contribution in [0, 0.1) is 0 Å². The number of rotatable bonds is 7. The average molecular weight is 375 g/mol. The van der Waals surface area contributed by atoms with Gasteiger partial charge >= 0.3 is 0 Å². The first-order valence-electron chi connectivity index (χ1n) is 10.4. The first-order valence-corrected chi connectivity index (χ1v) is 10.4. The Morgan fingerprint density at radius 2 is 1.89 bits per heavy atom. The van der Waals surface area contributed by atoms with Crippen LogP contribution < -0.4 is 9.47 Å². The number of carbonyl (C=O) groups is 1. The van der Waals surface area contributed by atoms with E-state index in [4.69, 9.17) is 9.47 Å². The molecule has 1 saturated heterocycles. The summed E-state index contributed by atoms with van der Waals surface area (Å²) in [6.07, 6.45) is 8.29. The van der Waals surface area contributed by atoms with Crippen molar-refractivity contribution in [2.24, 2.45) is 0 Å². The van der Waals surface area contributed by atoms with Crippen LogP contribution in [0.3, 0.4) is 0 Å². The van der Waals surface area contributed by atoms with E-state index >= 15 is 0 Å². The quantitative estimate of drug-likeness (QED) is 0.723. The third-order valence-corrected chi connectivity index (χ3v) is 6.17. The zero-order valence-corrected chi connectivity index (χ0v) is 17.1. The lowest BCUT2D eigenvalue weighted by atomic mass is 9.94. The van der Waals surface area contributed by atoms with Gasteiger partial charge in [0.25, 0.3) is 0 Å². The first kappa shape index (κ1) is 20.0. The summed E-state index contributed by atoms with van der Waals surface area (Å²) >= 11 is 0. The molecule has 1 heterocycles. The van der Waals surface area contributed by atoms with Crippen LogP contribution in [0.25, 0.3) is 0 Å². The maximum atomic E-state index is 13.1. The van der Waals surface area contributed by atoms with Gasteiger partial charge in [-0.05, 0) is 57.4 Å². The molecule has 27 heavy (non-hydrogen) atoms. The summed E-state index contributed by atoms with van der Waals surface area (Å²) in [7, 11) is 3.39. The van der Waals surface area contributed by atoms with Crippen LogP contribution >= 0.6 is 0 Å². The molecule has 5 heteroatoms. The monoisotopic (exact) mass is 374 g/mol. The van der Waals surface area contributed by atoms with Gasteiger partial charge in [-0.15, -0.1) is 0 Å². The minimum Gasteiger partial charge on any atom is -0.497 e. The molecule has 1 aromatic carbocycles. The van der Waals surface area contributed by atoms with E-state index in [9.17, 15) is 4.79 Å². The van der Waals surface area contributed by atoms with Crippen molar-refractivity contribution in [3.63, 3.8) is 0 Å². The van der Waals surface area contributed by atoms with Gasteiger partial charge < -0.3 is 14.4 Å². The topological polar surface area (TPSA) is 42.0 Å². The normalized spacial score (nSPS) is 21.2. The van der Waals surface area contributed by atoms with E-state index in [1.807, 2.05) is 12.1 Å². The molecule has 0 spiro atoms. The number of nitrogens with zero attached hydrogens (tertiary/aromatic N) is 2. The molecular weight excluding hydrogens is 340 g/mol. The molecule has 150 valence electrons. The molecule has 1 aliphatic carbocycles. The van der Waals surface area contributed by atoms with Gasteiger partial charge in [0.1, 0.15) is 11.5 Å². The van der Waals surface area contributed by atoms with E-state index in [1.54, 1.807) is 14.2 Å². The molecule has 1 amide bonds. The van der Waals surface area contributed by atoms with Gasteiger partial charge in [-0.3, -0.25) is 9.69 Å². The lowest BCUT2D eigenvalue weighted by Crippen LogP contribution is -2.46. The van der Waals surface area contributed by atoms with E-state index in [0.29, 0.717) is 12.6 Å². The van der Waals surface area contributed by atoms with Crippen molar-refractivity contribution in [2.75, 3.05) is 33.9 Å². The van der Waals surface area contributed by atoms with Crippen molar-refractivity contribution in [1.29, 1.82) is 0 Å². The summed E-state index contributed by atoms with van der Waals surface area (Å²) in [6, 6.07) is 6.60. The van der Waals surface area contributed by atoms with Crippen LogP contribution in [-0.4, -0.2) is 55.6 Å². The lowest BCUT2D eigenvalue weighted by Gasteiger charge is -2.35. The Balaban J connectivity index is 1.73. The second-order valence-corrected chi connectivity index (χ2v) is 7.71. The van der Waals surface area contributed by atoms with E-state index in [2.05, 4.69) is 22.8 Å². The molecule has 1 aromatic rings. The van der Waals surface area contributed by atoms with Gasteiger partial charge in [0.15, 0.2) is 0 Å². The van der Waals surface area contributed by atoms with Crippen molar-refractivity contribution in [2.45, 2.75) is 64.0 Å². The van der Waals surface area contributed by atoms with Crippen molar-refractivity contribution < 1.29 is 14.3 Å². The zero-order chi connectivity index (χ0) is 19.2. The van der Waals surface area contributed by atoms with Gasteiger partial charge in [0, 0.05) is 24.2 Å². The minimum absolute atomic E-state index is 0.212. The van der Waals surface area contributed by atoms with Gasteiger partial charge in [0.2, 0.25) is 5.91 Å². The average Bonchev–Trinajstić information content (AvgIpc) is 3.16. The summed E-state index contributed by atoms with van der Waals surface area (Å²) in [6.45, 7) is 4.37. The number of benzene rings is 1. The lowest BCUT2D eigenvalue weighted by molar-refractivity contribution is -0.135. The summed E-state index contributed by atoms with van der Waals surface area (Å²) in [5.41, 5.74) is 1.13. The predicted octanol–water partition coefficient (Wildman–Crippen LogP) is 4.02. The summed E-state index contributed by atoms with van der Waals surface area (Å²) < 4.78 is 11.0. The smallest absolute Gasteiger partial charge is 0.237 e. The number of carbonyl (C=O) groups excluding carboxylic acids is 1. The highest BCUT2D eigenvalue weighted by Gasteiger charge is 2.32. The summed E-state index contributed by atoms with van der Waals surface area (Å²) in [4.78, 5) is 17.6. The Hall–Kier alpha value is -1.75. The molecule has 5 nitrogen and oxygen atoms in total. The van der Waals surface area contributed by atoms with Crippen molar-refractivity contribution in [3.05, 3.63) is 23.8 Å². The third-order valence-electron chi connectivity index (χ3n) is 6.17.